The first kappa shape index (κ1) is 25.3. The highest BCUT2D eigenvalue weighted by molar-refractivity contribution is 5.94. The van der Waals surface area contributed by atoms with E-state index in [2.05, 4.69) is 39.8 Å². The first-order valence-electron chi connectivity index (χ1n) is 14.3. The number of rotatable bonds is 4. The number of carbonyl (C=O) groups is 1. The van der Waals surface area contributed by atoms with Crippen LogP contribution in [-0.4, -0.2) is 60.1 Å². The smallest absolute Gasteiger partial charge is 0.253 e. The van der Waals surface area contributed by atoms with E-state index in [1.54, 1.807) is 0 Å². The molecule has 0 bridgehead atoms. The van der Waals surface area contributed by atoms with Crippen LogP contribution in [0.5, 0.6) is 0 Å². The van der Waals surface area contributed by atoms with Gasteiger partial charge in [0.25, 0.3) is 5.91 Å². The van der Waals surface area contributed by atoms with Gasteiger partial charge >= 0.3 is 0 Å². The fourth-order valence-electron chi connectivity index (χ4n) is 9.87. The summed E-state index contributed by atoms with van der Waals surface area (Å²) < 4.78 is 0. The molecule has 4 nitrogen and oxygen atoms in total. The fourth-order valence-corrected chi connectivity index (χ4v) is 9.87. The molecule has 35 heavy (non-hydrogen) atoms. The fraction of sp³-hybridized carbons (Fsp3) is 0.774. The van der Waals surface area contributed by atoms with Gasteiger partial charge in [-0.05, 0) is 125 Å². The standard InChI is InChI=1S/C31H48N2O2/c1-20(32(4)5)23-14-15-24-22-12-13-26-28(34)27(33(6)29(35)21-10-8-7-9-11-21)17-19-31(26,3)25(22)16-18-30(23,24)2/h7-11,20,22-28,34H,12-19H2,1-6H3. The lowest BCUT2D eigenvalue weighted by molar-refractivity contribution is -0.160. The maximum Gasteiger partial charge on any atom is 0.253 e. The second-order valence-electron chi connectivity index (χ2n) is 13.4. The van der Waals surface area contributed by atoms with E-state index in [9.17, 15) is 9.90 Å². The van der Waals surface area contributed by atoms with Crippen molar-refractivity contribution in [1.29, 1.82) is 0 Å². The van der Waals surface area contributed by atoms with Gasteiger partial charge in [0.2, 0.25) is 0 Å². The van der Waals surface area contributed by atoms with Crippen molar-refractivity contribution < 1.29 is 9.90 Å². The third-order valence-electron chi connectivity index (χ3n) is 12.0. The van der Waals surface area contributed by atoms with E-state index in [0.717, 1.165) is 42.9 Å². The third-order valence-corrected chi connectivity index (χ3v) is 12.0. The number of hydrogen-bond acceptors (Lipinski definition) is 3. The summed E-state index contributed by atoms with van der Waals surface area (Å²) in [6.45, 7) is 7.56. The first-order valence-corrected chi connectivity index (χ1v) is 14.3. The molecule has 1 aromatic carbocycles. The Morgan fingerprint density at radius 1 is 0.886 bits per heavy atom. The quantitative estimate of drug-likeness (QED) is 0.601. The minimum atomic E-state index is -0.425. The average Bonchev–Trinajstić information content (AvgIpc) is 3.20. The van der Waals surface area contributed by atoms with Crippen molar-refractivity contribution >= 4 is 5.91 Å². The lowest BCUT2D eigenvalue weighted by Gasteiger charge is -2.63. The molecule has 0 spiro atoms. The number of benzene rings is 1. The summed E-state index contributed by atoms with van der Waals surface area (Å²) in [7, 11) is 6.39. The van der Waals surface area contributed by atoms with Crippen LogP contribution in [0, 0.1) is 40.4 Å². The molecule has 4 heteroatoms. The maximum absolute atomic E-state index is 13.2. The largest absolute Gasteiger partial charge is 0.391 e. The molecule has 1 N–H and O–H groups in total. The van der Waals surface area contributed by atoms with E-state index in [-0.39, 0.29) is 17.4 Å². The van der Waals surface area contributed by atoms with Gasteiger partial charge in [0.05, 0.1) is 12.1 Å². The van der Waals surface area contributed by atoms with Gasteiger partial charge in [0.1, 0.15) is 0 Å². The van der Waals surface area contributed by atoms with Crippen LogP contribution in [0.3, 0.4) is 0 Å². The summed E-state index contributed by atoms with van der Waals surface area (Å²) in [4.78, 5) is 17.4. The monoisotopic (exact) mass is 480 g/mol. The molecule has 0 radical (unpaired) electrons. The molecule has 4 aliphatic rings. The molecular formula is C31H48N2O2. The third kappa shape index (κ3) is 3.89. The molecular weight excluding hydrogens is 432 g/mol. The van der Waals surface area contributed by atoms with E-state index < -0.39 is 6.10 Å². The number of aliphatic hydroxyl groups excluding tert-OH is 1. The van der Waals surface area contributed by atoms with Crippen LogP contribution >= 0.6 is 0 Å². The summed E-state index contributed by atoms with van der Waals surface area (Å²) in [6.07, 6.45) is 9.42. The molecule has 0 aliphatic heterocycles. The summed E-state index contributed by atoms with van der Waals surface area (Å²) in [6, 6.07) is 10.1. The summed E-state index contributed by atoms with van der Waals surface area (Å²) in [5.41, 5.74) is 1.38. The molecule has 5 rings (SSSR count). The lowest BCUT2D eigenvalue weighted by atomic mass is 9.44. The summed E-state index contributed by atoms with van der Waals surface area (Å²) in [5.74, 6) is 3.50. The van der Waals surface area contributed by atoms with E-state index in [0.29, 0.717) is 22.9 Å². The van der Waals surface area contributed by atoms with Crippen molar-refractivity contribution in [3.8, 4) is 0 Å². The highest BCUT2D eigenvalue weighted by atomic mass is 16.3. The van der Waals surface area contributed by atoms with Gasteiger partial charge < -0.3 is 14.9 Å². The van der Waals surface area contributed by atoms with Crippen LogP contribution in [0.2, 0.25) is 0 Å². The van der Waals surface area contributed by atoms with E-state index >= 15 is 0 Å². The van der Waals surface area contributed by atoms with Gasteiger partial charge in [-0.1, -0.05) is 32.0 Å². The van der Waals surface area contributed by atoms with E-state index in [4.69, 9.17) is 0 Å². The highest BCUT2D eigenvalue weighted by Crippen LogP contribution is 2.68. The molecule has 0 aromatic heterocycles. The van der Waals surface area contributed by atoms with Crippen LogP contribution in [0.1, 0.15) is 82.5 Å². The minimum absolute atomic E-state index is 0.0346. The summed E-state index contributed by atoms with van der Waals surface area (Å²) in [5, 5.41) is 11.7. The van der Waals surface area contributed by atoms with Gasteiger partial charge in [0, 0.05) is 18.7 Å². The Morgan fingerprint density at radius 3 is 2.20 bits per heavy atom. The van der Waals surface area contributed by atoms with Crippen molar-refractivity contribution in [3.05, 3.63) is 35.9 Å². The Morgan fingerprint density at radius 2 is 1.51 bits per heavy atom. The number of hydrogen-bond donors (Lipinski definition) is 1. The molecule has 10 unspecified atom stereocenters. The predicted molar refractivity (Wildman–Crippen MR) is 142 cm³/mol. The van der Waals surface area contributed by atoms with Crippen LogP contribution in [0.4, 0.5) is 0 Å². The normalized spacial score (nSPS) is 43.7. The van der Waals surface area contributed by atoms with Gasteiger partial charge in [-0.3, -0.25) is 4.79 Å². The molecule has 1 aromatic rings. The molecule has 4 saturated carbocycles. The van der Waals surface area contributed by atoms with Crippen molar-refractivity contribution in [3.63, 3.8) is 0 Å². The van der Waals surface area contributed by atoms with Crippen molar-refractivity contribution in [2.75, 3.05) is 21.1 Å². The first-order chi connectivity index (χ1) is 16.6. The van der Waals surface area contributed by atoms with Crippen LogP contribution in [-0.2, 0) is 0 Å². The second kappa shape index (κ2) is 9.17. The molecule has 0 saturated heterocycles. The molecule has 1 amide bonds. The van der Waals surface area contributed by atoms with E-state index in [1.807, 2.05) is 42.3 Å². The molecule has 0 heterocycles. The molecule has 4 fully saturated rings. The maximum atomic E-state index is 13.2. The lowest BCUT2D eigenvalue weighted by Crippen LogP contribution is -2.61. The summed E-state index contributed by atoms with van der Waals surface area (Å²) >= 11 is 0. The Kier molecular flexibility index (Phi) is 6.62. The van der Waals surface area contributed by atoms with E-state index in [1.165, 1.54) is 32.1 Å². The van der Waals surface area contributed by atoms with Gasteiger partial charge in [-0.2, -0.15) is 0 Å². The van der Waals surface area contributed by atoms with Gasteiger partial charge in [0.15, 0.2) is 0 Å². The number of amides is 1. The molecule has 4 aliphatic carbocycles. The topological polar surface area (TPSA) is 43.8 Å². The zero-order valence-corrected chi connectivity index (χ0v) is 22.9. The number of likely N-dealkylation sites (N-methyl/N-ethyl adjacent to an activating group) is 1. The zero-order chi connectivity index (χ0) is 25.1. The van der Waals surface area contributed by atoms with Crippen LogP contribution in [0.25, 0.3) is 0 Å². The van der Waals surface area contributed by atoms with Crippen LogP contribution in [0.15, 0.2) is 30.3 Å². The zero-order valence-electron chi connectivity index (χ0n) is 22.9. The Labute approximate surface area is 213 Å². The number of aliphatic hydroxyl groups is 1. The van der Waals surface area contributed by atoms with Crippen LogP contribution < -0.4 is 0 Å². The minimum Gasteiger partial charge on any atom is -0.391 e. The number of nitrogens with zero attached hydrogens (tertiary/aromatic N) is 2. The van der Waals surface area contributed by atoms with Gasteiger partial charge in [-0.15, -0.1) is 0 Å². The Balaban J connectivity index is 1.33. The second-order valence-corrected chi connectivity index (χ2v) is 13.4. The molecule has 194 valence electrons. The van der Waals surface area contributed by atoms with Crippen molar-refractivity contribution in [2.24, 2.45) is 40.4 Å². The number of carbonyl (C=O) groups excluding carboxylic acids is 1. The average molecular weight is 481 g/mol. The Hall–Kier alpha value is -1.39. The van der Waals surface area contributed by atoms with Crippen molar-refractivity contribution in [1.82, 2.24) is 9.80 Å². The SMILES string of the molecule is CC(C1CCC2C3CCC4C(O)C(N(C)C(=O)c5ccccc5)CCC4(C)C3CCC21C)N(C)C. The molecule has 10 atom stereocenters. The van der Waals surface area contributed by atoms with Gasteiger partial charge in [-0.25, -0.2) is 0 Å². The highest BCUT2D eigenvalue weighted by Gasteiger charge is 2.62. The number of fused-ring (bicyclic) bond motifs is 5. The van der Waals surface area contributed by atoms with Crippen molar-refractivity contribution in [2.45, 2.75) is 90.3 Å². The Bertz CT molecular complexity index is 918. The predicted octanol–water partition coefficient (Wildman–Crippen LogP) is 5.71.